The predicted octanol–water partition coefficient (Wildman–Crippen LogP) is 3.05. The van der Waals surface area contributed by atoms with E-state index < -0.39 is 0 Å². The van der Waals surface area contributed by atoms with Crippen molar-refractivity contribution in [2.24, 2.45) is 0 Å². The minimum atomic E-state index is 0.0443. The van der Waals surface area contributed by atoms with Crippen LogP contribution in [0.15, 0.2) is 36.7 Å². The Balaban J connectivity index is 1.51. The van der Waals surface area contributed by atoms with Gasteiger partial charge < -0.3 is 14.4 Å². The predicted molar refractivity (Wildman–Crippen MR) is 104 cm³/mol. The second-order valence-corrected chi connectivity index (χ2v) is 7.36. The van der Waals surface area contributed by atoms with Crippen LogP contribution in [-0.2, 0) is 11.3 Å². The highest BCUT2D eigenvalue weighted by atomic mass is 16.2. The van der Waals surface area contributed by atoms with E-state index in [0.29, 0.717) is 18.5 Å². The summed E-state index contributed by atoms with van der Waals surface area (Å²) < 4.78 is 2.16. The van der Waals surface area contributed by atoms with E-state index in [9.17, 15) is 9.59 Å². The Morgan fingerprint density at radius 2 is 2.15 bits per heavy atom. The molecule has 2 aromatic rings. The van der Waals surface area contributed by atoms with Crippen LogP contribution in [-0.4, -0.2) is 45.9 Å². The summed E-state index contributed by atoms with van der Waals surface area (Å²) >= 11 is 0. The largest absolute Gasteiger partial charge is 0.338 e. The van der Waals surface area contributed by atoms with E-state index in [4.69, 9.17) is 0 Å². The topological polar surface area (TPSA) is 58.4 Å². The van der Waals surface area contributed by atoms with Gasteiger partial charge in [-0.2, -0.15) is 0 Å². The van der Waals surface area contributed by atoms with Crippen molar-refractivity contribution < 1.29 is 9.59 Å². The van der Waals surface area contributed by atoms with E-state index in [1.807, 2.05) is 41.6 Å². The quantitative estimate of drug-likeness (QED) is 0.836. The van der Waals surface area contributed by atoms with Gasteiger partial charge in [0.15, 0.2) is 0 Å². The number of amides is 2. The Bertz CT molecular complexity index is 844. The van der Waals surface area contributed by atoms with Crippen molar-refractivity contribution in [2.45, 2.75) is 45.1 Å². The van der Waals surface area contributed by atoms with E-state index in [-0.39, 0.29) is 17.7 Å². The number of hydrogen-bond acceptors (Lipinski definition) is 3. The zero-order valence-electron chi connectivity index (χ0n) is 15.8. The highest BCUT2D eigenvalue weighted by Crippen LogP contribution is 2.28. The van der Waals surface area contributed by atoms with E-state index in [1.54, 1.807) is 4.90 Å². The monoisotopic (exact) mass is 366 g/mol. The standard InChI is InChI=1S/C21H26N4O2/c1-2-23-13-10-22-20(23)17-7-4-11-24(15-17)21(27)16-6-3-8-18(14-16)25-12-5-9-19(25)26/h3,6,8,10,13-14,17H,2,4-5,7,9,11-12,15H2,1H3/t17-/m0/s1. The van der Waals surface area contributed by atoms with Crippen molar-refractivity contribution in [1.82, 2.24) is 14.5 Å². The van der Waals surface area contributed by atoms with Crippen molar-refractivity contribution in [1.29, 1.82) is 0 Å². The molecule has 0 radical (unpaired) electrons. The molecule has 0 bridgehead atoms. The van der Waals surface area contributed by atoms with Crippen LogP contribution < -0.4 is 4.90 Å². The summed E-state index contributed by atoms with van der Waals surface area (Å²) in [5.74, 6) is 1.54. The average Bonchev–Trinajstić information content (AvgIpc) is 3.36. The van der Waals surface area contributed by atoms with Gasteiger partial charge in [-0.15, -0.1) is 0 Å². The van der Waals surface area contributed by atoms with Gasteiger partial charge in [0.05, 0.1) is 0 Å². The Labute approximate surface area is 159 Å². The van der Waals surface area contributed by atoms with E-state index in [2.05, 4.69) is 16.5 Å². The van der Waals surface area contributed by atoms with Crippen LogP contribution in [0.3, 0.4) is 0 Å². The number of piperidine rings is 1. The molecule has 0 aliphatic carbocycles. The summed E-state index contributed by atoms with van der Waals surface area (Å²) in [6.07, 6.45) is 7.37. The number of nitrogens with zero attached hydrogens (tertiary/aromatic N) is 4. The molecule has 1 aromatic heterocycles. The summed E-state index contributed by atoms with van der Waals surface area (Å²) in [4.78, 5) is 33.4. The first-order chi connectivity index (χ1) is 13.2. The molecule has 0 N–H and O–H groups in total. The van der Waals surface area contributed by atoms with Gasteiger partial charge in [0, 0.05) is 62.2 Å². The SMILES string of the molecule is CCn1ccnc1[C@H]1CCCN(C(=O)c2cccc(N3CCCC3=O)c2)C1. The molecule has 27 heavy (non-hydrogen) atoms. The lowest BCUT2D eigenvalue weighted by Gasteiger charge is -2.33. The van der Waals surface area contributed by atoms with Crippen LogP contribution in [0, 0.1) is 0 Å². The zero-order chi connectivity index (χ0) is 18.8. The molecule has 2 aliphatic heterocycles. The number of anilines is 1. The van der Waals surface area contributed by atoms with Gasteiger partial charge in [0.25, 0.3) is 5.91 Å². The molecule has 1 atom stereocenters. The van der Waals surface area contributed by atoms with Crippen LogP contribution >= 0.6 is 0 Å². The van der Waals surface area contributed by atoms with E-state index >= 15 is 0 Å². The maximum atomic E-state index is 13.1. The molecule has 0 spiro atoms. The maximum absolute atomic E-state index is 13.1. The molecule has 6 heteroatoms. The second kappa shape index (κ2) is 7.55. The number of aromatic nitrogens is 2. The summed E-state index contributed by atoms with van der Waals surface area (Å²) in [5, 5.41) is 0. The summed E-state index contributed by atoms with van der Waals surface area (Å²) in [5.41, 5.74) is 1.49. The third-order valence-corrected chi connectivity index (χ3v) is 5.64. The molecule has 142 valence electrons. The fourth-order valence-electron chi connectivity index (χ4n) is 4.23. The fourth-order valence-corrected chi connectivity index (χ4v) is 4.23. The Hall–Kier alpha value is -2.63. The number of carbonyl (C=O) groups is 2. The number of aryl methyl sites for hydroxylation is 1. The van der Waals surface area contributed by atoms with Crippen molar-refractivity contribution in [3.8, 4) is 0 Å². The number of benzene rings is 1. The van der Waals surface area contributed by atoms with Crippen LogP contribution in [0.5, 0.6) is 0 Å². The second-order valence-electron chi connectivity index (χ2n) is 7.36. The Kier molecular flexibility index (Phi) is 4.97. The van der Waals surface area contributed by atoms with Gasteiger partial charge in [-0.3, -0.25) is 9.59 Å². The lowest BCUT2D eigenvalue weighted by molar-refractivity contribution is -0.117. The molecule has 1 aromatic carbocycles. The lowest BCUT2D eigenvalue weighted by Crippen LogP contribution is -2.39. The number of carbonyl (C=O) groups excluding carboxylic acids is 2. The number of rotatable bonds is 4. The van der Waals surface area contributed by atoms with Gasteiger partial charge in [-0.1, -0.05) is 6.07 Å². The molecule has 2 fully saturated rings. The van der Waals surface area contributed by atoms with Crippen molar-refractivity contribution in [2.75, 3.05) is 24.5 Å². The smallest absolute Gasteiger partial charge is 0.253 e. The molecule has 2 amide bonds. The summed E-state index contributed by atoms with van der Waals surface area (Å²) in [6, 6.07) is 7.50. The highest BCUT2D eigenvalue weighted by Gasteiger charge is 2.28. The molecule has 0 unspecified atom stereocenters. The summed E-state index contributed by atoms with van der Waals surface area (Å²) in [6.45, 7) is 5.22. The molecular weight excluding hydrogens is 340 g/mol. The number of imidazole rings is 1. The average molecular weight is 366 g/mol. The number of hydrogen-bond donors (Lipinski definition) is 0. The normalized spacial score (nSPS) is 20.3. The molecule has 0 saturated carbocycles. The third kappa shape index (κ3) is 3.48. The van der Waals surface area contributed by atoms with Crippen LogP contribution in [0.25, 0.3) is 0 Å². The Morgan fingerprint density at radius 1 is 1.26 bits per heavy atom. The van der Waals surface area contributed by atoms with Crippen molar-refractivity contribution in [3.63, 3.8) is 0 Å². The highest BCUT2D eigenvalue weighted by molar-refractivity contribution is 5.99. The van der Waals surface area contributed by atoms with Crippen LogP contribution in [0.4, 0.5) is 5.69 Å². The third-order valence-electron chi connectivity index (χ3n) is 5.64. The van der Waals surface area contributed by atoms with E-state index in [0.717, 1.165) is 50.4 Å². The van der Waals surface area contributed by atoms with Crippen LogP contribution in [0.1, 0.15) is 54.7 Å². The first-order valence-corrected chi connectivity index (χ1v) is 9.88. The van der Waals surface area contributed by atoms with Gasteiger partial charge in [-0.25, -0.2) is 4.98 Å². The first kappa shape index (κ1) is 17.8. The molecule has 6 nitrogen and oxygen atoms in total. The minimum Gasteiger partial charge on any atom is -0.338 e. The van der Waals surface area contributed by atoms with Gasteiger partial charge >= 0.3 is 0 Å². The van der Waals surface area contributed by atoms with Gasteiger partial charge in [0.1, 0.15) is 5.82 Å². The van der Waals surface area contributed by atoms with E-state index in [1.165, 1.54) is 0 Å². The molecule has 4 rings (SSSR count). The van der Waals surface area contributed by atoms with Crippen LogP contribution in [0.2, 0.25) is 0 Å². The van der Waals surface area contributed by atoms with Crippen molar-refractivity contribution >= 4 is 17.5 Å². The minimum absolute atomic E-state index is 0.0443. The first-order valence-electron chi connectivity index (χ1n) is 9.88. The molecular formula is C21H26N4O2. The molecule has 2 saturated heterocycles. The molecule has 3 heterocycles. The zero-order valence-corrected chi connectivity index (χ0v) is 15.8. The van der Waals surface area contributed by atoms with Gasteiger partial charge in [0.2, 0.25) is 5.91 Å². The fraction of sp³-hybridized carbons (Fsp3) is 0.476. The Morgan fingerprint density at radius 3 is 2.93 bits per heavy atom. The lowest BCUT2D eigenvalue weighted by atomic mass is 9.96. The van der Waals surface area contributed by atoms with Gasteiger partial charge in [-0.05, 0) is 44.4 Å². The summed E-state index contributed by atoms with van der Waals surface area (Å²) in [7, 11) is 0. The molecule has 2 aliphatic rings. The maximum Gasteiger partial charge on any atom is 0.253 e. The number of likely N-dealkylation sites (tertiary alicyclic amines) is 1. The van der Waals surface area contributed by atoms with Crippen molar-refractivity contribution in [3.05, 3.63) is 48.0 Å².